The van der Waals surface area contributed by atoms with Crippen molar-refractivity contribution in [3.8, 4) is 23.3 Å². The lowest BCUT2D eigenvalue weighted by molar-refractivity contribution is 0.480. The van der Waals surface area contributed by atoms with E-state index in [2.05, 4.69) is 6.07 Å². The van der Waals surface area contributed by atoms with E-state index in [0.717, 1.165) is 5.39 Å². The molecule has 0 bridgehead atoms. The molecule has 0 unspecified atom stereocenters. The third-order valence-electron chi connectivity index (χ3n) is 5.09. The van der Waals surface area contributed by atoms with E-state index in [4.69, 9.17) is 0 Å². The third-order valence-corrected chi connectivity index (χ3v) is 5.09. The molecule has 0 aliphatic rings. The van der Waals surface area contributed by atoms with Gasteiger partial charge >= 0.3 is 0 Å². The van der Waals surface area contributed by atoms with Crippen LogP contribution in [0.1, 0.15) is 5.56 Å². The monoisotopic (exact) mass is 368 g/mol. The maximum absolute atomic E-state index is 13.5. The molecule has 1 heterocycles. The number of aromatic nitrogens is 1. The number of hydrogen-bond acceptors (Lipinski definition) is 3. The molecule has 0 fully saturated rings. The molecule has 0 aliphatic heterocycles. The van der Waals surface area contributed by atoms with Crippen molar-refractivity contribution in [3.63, 3.8) is 0 Å². The Hall–Kier alpha value is -4.04. The Kier molecular flexibility index (Phi) is 3.31. The molecule has 0 atom stereocenters. The standard InChI is InChI=1S/C23H13FN2O2/c24-13-8-10-14(11-9-13)26-18-6-3-7-19(27)21(18)20-17(12-25)23(28)16-5-2-1-4-15(16)22(20)26/h1-11,27-28H. The van der Waals surface area contributed by atoms with Crippen LogP contribution in [0, 0.1) is 17.1 Å². The maximum Gasteiger partial charge on any atom is 0.141 e. The molecular formula is C23H13FN2O2. The first-order valence-corrected chi connectivity index (χ1v) is 8.67. The Labute approximate surface area is 158 Å². The Bertz CT molecular complexity index is 1440. The molecule has 0 aliphatic carbocycles. The third kappa shape index (κ3) is 2.03. The normalized spacial score (nSPS) is 11.3. The number of nitrogens with zero attached hydrogens (tertiary/aromatic N) is 2. The van der Waals surface area contributed by atoms with Gasteiger partial charge in [0.05, 0.1) is 16.4 Å². The zero-order chi connectivity index (χ0) is 19.4. The summed E-state index contributed by atoms with van der Waals surface area (Å²) in [6, 6.07) is 20.4. The van der Waals surface area contributed by atoms with Gasteiger partial charge < -0.3 is 14.8 Å². The summed E-state index contributed by atoms with van der Waals surface area (Å²) in [6.07, 6.45) is 0. The molecular weight excluding hydrogens is 355 g/mol. The van der Waals surface area contributed by atoms with Gasteiger partial charge in [-0.05, 0) is 36.4 Å². The van der Waals surface area contributed by atoms with Gasteiger partial charge in [-0.2, -0.15) is 5.26 Å². The smallest absolute Gasteiger partial charge is 0.141 e. The zero-order valence-electron chi connectivity index (χ0n) is 14.5. The van der Waals surface area contributed by atoms with Gasteiger partial charge in [0.1, 0.15) is 28.9 Å². The van der Waals surface area contributed by atoms with E-state index in [9.17, 15) is 19.9 Å². The molecule has 0 amide bonds. The second-order valence-corrected chi connectivity index (χ2v) is 6.59. The number of hydrogen-bond donors (Lipinski definition) is 2. The number of phenols is 2. The van der Waals surface area contributed by atoms with Crippen molar-refractivity contribution in [2.24, 2.45) is 0 Å². The minimum Gasteiger partial charge on any atom is -0.507 e. The number of fused-ring (bicyclic) bond motifs is 5. The number of phenolic OH excluding ortho intramolecular Hbond substituents is 2. The van der Waals surface area contributed by atoms with Crippen LogP contribution in [0.2, 0.25) is 0 Å². The molecule has 0 radical (unpaired) electrons. The van der Waals surface area contributed by atoms with Gasteiger partial charge in [0.25, 0.3) is 0 Å². The first kappa shape index (κ1) is 16.2. The minimum atomic E-state index is -0.354. The van der Waals surface area contributed by atoms with Crippen molar-refractivity contribution in [1.29, 1.82) is 5.26 Å². The van der Waals surface area contributed by atoms with Gasteiger partial charge in [-0.25, -0.2) is 4.39 Å². The minimum absolute atomic E-state index is 0.00884. The van der Waals surface area contributed by atoms with Gasteiger partial charge in [0.15, 0.2) is 0 Å². The average molecular weight is 368 g/mol. The summed E-state index contributed by atoms with van der Waals surface area (Å²) in [5.74, 6) is -0.464. The first-order chi connectivity index (χ1) is 13.6. The highest BCUT2D eigenvalue weighted by molar-refractivity contribution is 6.24. The molecule has 28 heavy (non-hydrogen) atoms. The summed E-state index contributed by atoms with van der Waals surface area (Å²) < 4.78 is 15.4. The highest BCUT2D eigenvalue weighted by atomic mass is 19.1. The Morgan fingerprint density at radius 2 is 1.54 bits per heavy atom. The molecule has 1 aromatic heterocycles. The van der Waals surface area contributed by atoms with Crippen LogP contribution in [0.4, 0.5) is 4.39 Å². The Morgan fingerprint density at radius 3 is 2.25 bits per heavy atom. The van der Waals surface area contributed by atoms with Crippen LogP contribution in [-0.4, -0.2) is 14.8 Å². The fourth-order valence-corrected chi connectivity index (χ4v) is 3.94. The number of rotatable bonds is 1. The average Bonchev–Trinajstić information content (AvgIpc) is 3.06. The van der Waals surface area contributed by atoms with Crippen LogP contribution in [0.3, 0.4) is 0 Å². The summed E-state index contributed by atoms with van der Waals surface area (Å²) in [6.45, 7) is 0. The van der Waals surface area contributed by atoms with E-state index in [0.29, 0.717) is 32.9 Å². The molecule has 4 nitrogen and oxygen atoms in total. The molecule has 0 saturated carbocycles. The Balaban J connectivity index is 2.16. The zero-order valence-corrected chi connectivity index (χ0v) is 14.5. The van der Waals surface area contributed by atoms with Crippen molar-refractivity contribution in [2.45, 2.75) is 0 Å². The summed E-state index contributed by atoms with van der Waals surface area (Å²) in [7, 11) is 0. The van der Waals surface area contributed by atoms with E-state index in [1.54, 1.807) is 36.4 Å². The van der Waals surface area contributed by atoms with Gasteiger partial charge in [-0.15, -0.1) is 0 Å². The fourth-order valence-electron chi connectivity index (χ4n) is 3.94. The van der Waals surface area contributed by atoms with Crippen molar-refractivity contribution in [3.05, 3.63) is 78.1 Å². The predicted octanol–water partition coefficient (Wildman–Crippen LogP) is 5.36. The number of nitriles is 1. The Morgan fingerprint density at radius 1 is 0.821 bits per heavy atom. The molecule has 134 valence electrons. The summed E-state index contributed by atoms with van der Waals surface area (Å²) >= 11 is 0. The van der Waals surface area contributed by atoms with Crippen molar-refractivity contribution in [1.82, 2.24) is 4.57 Å². The number of halogens is 1. The lowest BCUT2D eigenvalue weighted by atomic mass is 9.99. The summed E-state index contributed by atoms with van der Waals surface area (Å²) in [5, 5.41) is 33.3. The van der Waals surface area contributed by atoms with Gasteiger partial charge in [0.2, 0.25) is 0 Å². The van der Waals surface area contributed by atoms with E-state index in [-0.39, 0.29) is 22.9 Å². The van der Waals surface area contributed by atoms with Crippen molar-refractivity contribution < 1.29 is 14.6 Å². The summed E-state index contributed by atoms with van der Waals surface area (Å²) in [4.78, 5) is 0. The van der Waals surface area contributed by atoms with E-state index in [1.807, 2.05) is 22.8 Å². The topological polar surface area (TPSA) is 69.2 Å². The highest BCUT2D eigenvalue weighted by Gasteiger charge is 2.23. The SMILES string of the molecule is N#Cc1c(O)c2ccccc2c2c1c1c(O)cccc1n2-c1ccc(F)cc1. The molecule has 0 saturated heterocycles. The molecule has 2 N–H and O–H groups in total. The van der Waals surface area contributed by atoms with E-state index < -0.39 is 0 Å². The fraction of sp³-hybridized carbons (Fsp3) is 0. The van der Waals surface area contributed by atoms with Crippen molar-refractivity contribution >= 4 is 32.6 Å². The summed E-state index contributed by atoms with van der Waals surface area (Å²) in [5.41, 5.74) is 2.12. The van der Waals surface area contributed by atoms with Gasteiger partial charge in [-0.3, -0.25) is 0 Å². The first-order valence-electron chi connectivity index (χ1n) is 8.67. The molecule has 5 heteroatoms. The lowest BCUT2D eigenvalue weighted by Gasteiger charge is -2.11. The molecule has 4 aromatic carbocycles. The lowest BCUT2D eigenvalue weighted by Crippen LogP contribution is -1.95. The van der Waals surface area contributed by atoms with Crippen LogP contribution >= 0.6 is 0 Å². The van der Waals surface area contributed by atoms with E-state index >= 15 is 0 Å². The second kappa shape index (κ2) is 5.73. The van der Waals surface area contributed by atoms with Crippen LogP contribution in [0.5, 0.6) is 11.5 Å². The second-order valence-electron chi connectivity index (χ2n) is 6.59. The van der Waals surface area contributed by atoms with Crippen molar-refractivity contribution in [2.75, 3.05) is 0 Å². The number of aromatic hydroxyl groups is 2. The van der Waals surface area contributed by atoms with Crippen LogP contribution in [0.25, 0.3) is 38.3 Å². The van der Waals surface area contributed by atoms with E-state index in [1.165, 1.54) is 12.1 Å². The maximum atomic E-state index is 13.5. The van der Waals surface area contributed by atoms with Crippen LogP contribution in [0.15, 0.2) is 66.7 Å². The van der Waals surface area contributed by atoms with Crippen LogP contribution < -0.4 is 0 Å². The quantitative estimate of drug-likeness (QED) is 0.418. The van der Waals surface area contributed by atoms with Gasteiger partial charge in [0, 0.05) is 21.8 Å². The predicted molar refractivity (Wildman–Crippen MR) is 106 cm³/mol. The molecule has 0 spiro atoms. The molecule has 5 rings (SSSR count). The number of benzene rings is 4. The van der Waals surface area contributed by atoms with Crippen LogP contribution in [-0.2, 0) is 0 Å². The van der Waals surface area contributed by atoms with Gasteiger partial charge in [-0.1, -0.05) is 30.3 Å². The highest BCUT2D eigenvalue weighted by Crippen LogP contribution is 2.45. The molecule has 5 aromatic rings. The largest absolute Gasteiger partial charge is 0.507 e.